The summed E-state index contributed by atoms with van der Waals surface area (Å²) in [7, 11) is -1.08. The summed E-state index contributed by atoms with van der Waals surface area (Å²) in [4.78, 5) is 1.79. The van der Waals surface area contributed by atoms with Crippen LogP contribution in [0, 0.1) is 0 Å². The highest BCUT2D eigenvalue weighted by molar-refractivity contribution is 7.85. The van der Waals surface area contributed by atoms with Crippen LogP contribution in [-0.4, -0.2) is 4.21 Å². The Labute approximate surface area is 150 Å². The first-order valence-electron chi connectivity index (χ1n) is 9.34. The number of hydrogen-bond donors (Lipinski definition) is 0. The van der Waals surface area contributed by atoms with Gasteiger partial charge in [0.1, 0.15) is 0 Å². The van der Waals surface area contributed by atoms with Gasteiger partial charge in [0.05, 0.1) is 10.8 Å². The fourth-order valence-corrected chi connectivity index (χ4v) is 3.89. The average Bonchev–Trinajstić information content (AvgIpc) is 2.63. The van der Waals surface area contributed by atoms with Crippen LogP contribution in [0.3, 0.4) is 0 Å². The predicted molar refractivity (Wildman–Crippen MR) is 104 cm³/mol. The van der Waals surface area contributed by atoms with Crippen LogP contribution >= 0.6 is 0 Å². The molecule has 1 nitrogen and oxygen atoms in total. The highest BCUT2D eigenvalue weighted by atomic mass is 32.2. The summed E-state index contributed by atoms with van der Waals surface area (Å²) in [6, 6.07) is 16.6. The van der Waals surface area contributed by atoms with E-state index >= 15 is 0 Å². The molecule has 0 amide bonds. The quantitative estimate of drug-likeness (QED) is 0.462. The number of benzene rings is 2. The largest absolute Gasteiger partial charge is 0.249 e. The molecule has 0 aliphatic carbocycles. The molecule has 2 aromatic rings. The summed E-state index contributed by atoms with van der Waals surface area (Å²) in [5.41, 5.74) is 2.69. The molecular formula is C22H30OS. The zero-order valence-corrected chi connectivity index (χ0v) is 15.9. The Balaban J connectivity index is 1.95. The Bertz CT molecular complexity index is 558. The molecule has 0 unspecified atom stereocenters. The van der Waals surface area contributed by atoms with Gasteiger partial charge in [-0.25, -0.2) is 4.21 Å². The summed E-state index contributed by atoms with van der Waals surface area (Å²) >= 11 is 0. The highest BCUT2D eigenvalue weighted by Crippen LogP contribution is 2.19. The van der Waals surface area contributed by atoms with Crippen molar-refractivity contribution >= 4 is 10.8 Å². The van der Waals surface area contributed by atoms with Gasteiger partial charge in [-0.05, 0) is 61.1 Å². The first-order valence-corrected chi connectivity index (χ1v) is 10.5. The number of hydrogen-bond acceptors (Lipinski definition) is 1. The van der Waals surface area contributed by atoms with Gasteiger partial charge in [0.15, 0.2) is 0 Å². The molecule has 0 radical (unpaired) electrons. The summed E-state index contributed by atoms with van der Waals surface area (Å²) in [5.74, 6) is 0. The molecule has 0 atom stereocenters. The summed E-state index contributed by atoms with van der Waals surface area (Å²) in [6.07, 6.45) is 9.75. The van der Waals surface area contributed by atoms with Crippen LogP contribution in [0.2, 0.25) is 0 Å². The molecule has 0 heterocycles. The van der Waals surface area contributed by atoms with Crippen molar-refractivity contribution in [2.45, 2.75) is 75.0 Å². The van der Waals surface area contributed by atoms with E-state index in [1.807, 2.05) is 24.3 Å². The van der Waals surface area contributed by atoms with Crippen LogP contribution in [0.1, 0.15) is 63.5 Å². The van der Waals surface area contributed by atoms with E-state index in [1.165, 1.54) is 49.7 Å². The summed E-state index contributed by atoms with van der Waals surface area (Å²) in [6.45, 7) is 4.45. The Hall–Kier alpha value is -1.41. The van der Waals surface area contributed by atoms with Gasteiger partial charge in [0.2, 0.25) is 0 Å². The van der Waals surface area contributed by atoms with E-state index in [0.29, 0.717) is 0 Å². The van der Waals surface area contributed by atoms with Gasteiger partial charge in [0.25, 0.3) is 0 Å². The van der Waals surface area contributed by atoms with Crippen LogP contribution in [0.25, 0.3) is 0 Å². The molecule has 0 aromatic heterocycles. The lowest BCUT2D eigenvalue weighted by Gasteiger charge is -2.06. The molecule has 2 aromatic carbocycles. The lowest BCUT2D eigenvalue weighted by molar-refractivity contribution is 0.682. The van der Waals surface area contributed by atoms with Gasteiger partial charge >= 0.3 is 0 Å². The Morgan fingerprint density at radius 3 is 1.33 bits per heavy atom. The SMILES string of the molecule is CCCCCc1ccc(S(=O)c2ccc(CCCCC)cc2)cc1. The molecule has 0 fully saturated rings. The maximum Gasteiger partial charge on any atom is 0.0849 e. The van der Waals surface area contributed by atoms with Gasteiger partial charge in [0, 0.05) is 9.79 Å². The molecule has 0 N–H and O–H groups in total. The molecule has 0 saturated carbocycles. The second kappa shape index (κ2) is 10.5. The molecule has 0 bridgehead atoms. The van der Waals surface area contributed by atoms with Gasteiger partial charge in [-0.3, -0.25) is 0 Å². The third-order valence-corrected chi connectivity index (χ3v) is 5.81. The fourth-order valence-electron chi connectivity index (χ4n) is 2.85. The van der Waals surface area contributed by atoms with E-state index in [9.17, 15) is 4.21 Å². The average molecular weight is 343 g/mol. The normalized spacial score (nSPS) is 11.1. The van der Waals surface area contributed by atoms with Gasteiger partial charge in [-0.2, -0.15) is 0 Å². The van der Waals surface area contributed by atoms with Gasteiger partial charge in [-0.15, -0.1) is 0 Å². The molecule has 2 rings (SSSR count). The summed E-state index contributed by atoms with van der Waals surface area (Å²) < 4.78 is 12.7. The zero-order valence-electron chi connectivity index (χ0n) is 15.1. The topological polar surface area (TPSA) is 17.1 Å². The minimum absolute atomic E-state index is 0.896. The molecule has 130 valence electrons. The van der Waals surface area contributed by atoms with E-state index in [4.69, 9.17) is 0 Å². The second-order valence-corrected chi connectivity index (χ2v) is 7.95. The molecule has 0 spiro atoms. The smallest absolute Gasteiger partial charge is 0.0849 e. The number of rotatable bonds is 10. The molecule has 0 aliphatic heterocycles. The maximum absolute atomic E-state index is 12.7. The monoisotopic (exact) mass is 342 g/mol. The van der Waals surface area contributed by atoms with Crippen molar-refractivity contribution in [3.05, 3.63) is 59.7 Å². The van der Waals surface area contributed by atoms with Crippen molar-refractivity contribution in [2.75, 3.05) is 0 Å². The number of unbranched alkanes of at least 4 members (excludes halogenated alkanes) is 4. The third kappa shape index (κ3) is 5.90. The molecule has 2 heteroatoms. The standard InChI is InChI=1S/C22H30OS/c1-3-5-7-9-19-11-15-21(16-12-19)24(23)22-17-13-20(14-18-22)10-8-6-4-2/h11-18H,3-10H2,1-2H3. The first kappa shape index (κ1) is 18.9. The highest BCUT2D eigenvalue weighted by Gasteiger charge is 2.07. The van der Waals surface area contributed by atoms with Crippen molar-refractivity contribution < 1.29 is 4.21 Å². The van der Waals surface area contributed by atoms with Crippen LogP contribution in [0.15, 0.2) is 58.3 Å². The van der Waals surface area contributed by atoms with Crippen molar-refractivity contribution in [3.8, 4) is 0 Å². The van der Waals surface area contributed by atoms with E-state index in [0.717, 1.165) is 22.6 Å². The second-order valence-electron chi connectivity index (χ2n) is 6.47. The minimum Gasteiger partial charge on any atom is -0.249 e. The van der Waals surface area contributed by atoms with E-state index < -0.39 is 10.8 Å². The first-order chi connectivity index (χ1) is 11.7. The molecule has 24 heavy (non-hydrogen) atoms. The van der Waals surface area contributed by atoms with Gasteiger partial charge in [-0.1, -0.05) is 63.8 Å². The van der Waals surface area contributed by atoms with Crippen molar-refractivity contribution in [1.29, 1.82) is 0 Å². The zero-order chi connectivity index (χ0) is 17.2. The van der Waals surface area contributed by atoms with Gasteiger partial charge < -0.3 is 0 Å². The predicted octanol–water partition coefficient (Wildman–Crippen LogP) is 6.32. The van der Waals surface area contributed by atoms with Crippen molar-refractivity contribution in [1.82, 2.24) is 0 Å². The minimum atomic E-state index is -1.08. The van der Waals surface area contributed by atoms with Crippen LogP contribution < -0.4 is 0 Å². The van der Waals surface area contributed by atoms with Crippen molar-refractivity contribution in [3.63, 3.8) is 0 Å². The summed E-state index contributed by atoms with van der Waals surface area (Å²) in [5, 5.41) is 0. The molecular weight excluding hydrogens is 312 g/mol. The lowest BCUT2D eigenvalue weighted by Crippen LogP contribution is -1.95. The van der Waals surface area contributed by atoms with E-state index in [-0.39, 0.29) is 0 Å². The maximum atomic E-state index is 12.7. The van der Waals surface area contributed by atoms with Crippen LogP contribution in [-0.2, 0) is 23.6 Å². The van der Waals surface area contributed by atoms with Crippen molar-refractivity contribution in [2.24, 2.45) is 0 Å². The lowest BCUT2D eigenvalue weighted by atomic mass is 10.1. The third-order valence-electron chi connectivity index (χ3n) is 4.41. The Morgan fingerprint density at radius 1 is 0.625 bits per heavy atom. The molecule has 0 aliphatic rings. The van der Waals surface area contributed by atoms with E-state index in [1.54, 1.807) is 0 Å². The Kier molecular flexibility index (Phi) is 8.24. The Morgan fingerprint density at radius 2 is 1.00 bits per heavy atom. The van der Waals surface area contributed by atoms with E-state index in [2.05, 4.69) is 38.1 Å². The van der Waals surface area contributed by atoms with Crippen LogP contribution in [0.4, 0.5) is 0 Å². The van der Waals surface area contributed by atoms with Crippen LogP contribution in [0.5, 0.6) is 0 Å². The fraction of sp³-hybridized carbons (Fsp3) is 0.455. The molecule has 0 saturated heterocycles. The number of aryl methyl sites for hydroxylation is 2.